The fourth-order valence-corrected chi connectivity index (χ4v) is 5.27. The Hall–Kier alpha value is -1.16. The molecule has 3 heterocycles. The van der Waals surface area contributed by atoms with E-state index in [2.05, 4.69) is 14.9 Å². The van der Waals surface area contributed by atoms with Crippen molar-refractivity contribution in [1.82, 2.24) is 4.90 Å². The van der Waals surface area contributed by atoms with E-state index in [0.717, 1.165) is 5.67 Å². The van der Waals surface area contributed by atoms with Crippen LogP contribution in [0, 0.1) is 0 Å². The molecule has 146 valence electrons. The quantitative estimate of drug-likeness (QED) is 0.646. The van der Waals surface area contributed by atoms with Gasteiger partial charge in [0.25, 0.3) is 0 Å². The van der Waals surface area contributed by atoms with Gasteiger partial charge >= 0.3 is 0 Å². The number of sulfone groups is 1. The summed E-state index contributed by atoms with van der Waals surface area (Å²) >= 11 is 5.79. The van der Waals surface area contributed by atoms with Crippen LogP contribution in [-0.2, 0) is 24.0 Å². The van der Waals surface area contributed by atoms with E-state index >= 15 is 0 Å². The van der Waals surface area contributed by atoms with E-state index in [1.807, 2.05) is 0 Å². The zero-order chi connectivity index (χ0) is 18.8. The van der Waals surface area contributed by atoms with Gasteiger partial charge in [0.2, 0.25) is 0 Å². The molecule has 0 aromatic carbocycles. The second-order valence-electron chi connectivity index (χ2n) is 6.56. The second-order valence-corrected chi connectivity index (χ2v) is 9.08. The third-order valence-electron chi connectivity index (χ3n) is 5.17. The van der Waals surface area contributed by atoms with Crippen LogP contribution in [0.4, 0.5) is 0 Å². The first-order valence-electron chi connectivity index (χ1n) is 8.54. The van der Waals surface area contributed by atoms with Crippen LogP contribution in [0.1, 0.15) is 12.8 Å². The number of ether oxygens (including phenoxy) is 3. The first kappa shape index (κ1) is 19.6. The van der Waals surface area contributed by atoms with Crippen molar-refractivity contribution in [2.75, 3.05) is 52.9 Å². The van der Waals surface area contributed by atoms with Crippen LogP contribution in [0.2, 0.25) is 0 Å². The molecule has 1 atom stereocenters. The number of nitrogens with zero attached hydrogens (tertiary/aromatic N) is 3. The molecule has 8 nitrogen and oxygen atoms in total. The number of amidine groups is 1. The summed E-state index contributed by atoms with van der Waals surface area (Å²) in [5.74, 6) is 0.978. The Morgan fingerprint density at radius 2 is 2.00 bits per heavy atom. The molecule has 3 saturated heterocycles. The van der Waals surface area contributed by atoms with Gasteiger partial charge in [-0.15, -0.1) is 0 Å². The first-order valence-corrected chi connectivity index (χ1v) is 10.9. The van der Waals surface area contributed by atoms with Crippen molar-refractivity contribution in [3.8, 4) is 0 Å². The Kier molecular flexibility index (Phi) is 5.91. The first-order chi connectivity index (χ1) is 12.4. The maximum Gasteiger partial charge on any atom is 0.184 e. The Balaban J connectivity index is 2.15. The van der Waals surface area contributed by atoms with Crippen molar-refractivity contribution >= 4 is 32.9 Å². The molecule has 0 aromatic rings. The van der Waals surface area contributed by atoms with E-state index in [9.17, 15) is 8.42 Å². The highest BCUT2D eigenvalue weighted by Gasteiger charge is 2.50. The van der Waals surface area contributed by atoms with E-state index in [1.54, 1.807) is 7.05 Å². The third kappa shape index (κ3) is 3.37. The van der Waals surface area contributed by atoms with Crippen LogP contribution in [0.5, 0.6) is 0 Å². The Bertz CT molecular complexity index is 728. The largest absolute Gasteiger partial charge is 0.486 e. The van der Waals surface area contributed by atoms with Gasteiger partial charge in [0, 0.05) is 33.1 Å². The molecule has 0 spiro atoms. The molecule has 0 radical (unpaired) electrons. The number of aliphatic imine (C=N–C) groups is 2. The van der Waals surface area contributed by atoms with Crippen LogP contribution in [0.3, 0.4) is 0 Å². The maximum absolute atomic E-state index is 12.8. The van der Waals surface area contributed by atoms with Crippen LogP contribution in [0.25, 0.3) is 0 Å². The van der Waals surface area contributed by atoms with E-state index in [4.69, 9.17) is 25.8 Å². The van der Waals surface area contributed by atoms with Crippen LogP contribution in [-0.4, -0.2) is 88.5 Å². The molecule has 3 aliphatic heterocycles. The summed E-state index contributed by atoms with van der Waals surface area (Å²) in [6.45, 7) is 2.84. The Labute approximate surface area is 158 Å². The van der Waals surface area contributed by atoms with Gasteiger partial charge in [0.1, 0.15) is 17.1 Å². The van der Waals surface area contributed by atoms with E-state index in [0.29, 0.717) is 69.7 Å². The number of hydrogen-bond donors (Lipinski definition) is 0. The van der Waals surface area contributed by atoms with Crippen molar-refractivity contribution in [1.29, 1.82) is 0 Å². The Morgan fingerprint density at radius 1 is 1.27 bits per heavy atom. The molecular weight excluding hydrogens is 382 g/mol. The normalized spacial score (nSPS) is 30.2. The average molecular weight is 406 g/mol. The lowest BCUT2D eigenvalue weighted by molar-refractivity contribution is -0.0162. The molecule has 0 aromatic heterocycles. The molecule has 0 bridgehead atoms. The average Bonchev–Trinajstić information content (AvgIpc) is 2.65. The molecule has 10 heteroatoms. The van der Waals surface area contributed by atoms with Crippen molar-refractivity contribution in [2.24, 2.45) is 9.98 Å². The molecule has 0 aliphatic carbocycles. The molecule has 26 heavy (non-hydrogen) atoms. The summed E-state index contributed by atoms with van der Waals surface area (Å²) in [7, 11) is -1.85. The smallest absolute Gasteiger partial charge is 0.184 e. The van der Waals surface area contributed by atoms with E-state index in [1.165, 1.54) is 6.26 Å². The minimum Gasteiger partial charge on any atom is -0.486 e. The van der Waals surface area contributed by atoms with Gasteiger partial charge in [-0.2, -0.15) is 0 Å². The molecule has 1 unspecified atom stereocenters. The topological polar surface area (TPSA) is 89.8 Å². The molecular formula is C16H24ClN3O5S. The summed E-state index contributed by atoms with van der Waals surface area (Å²) in [6.07, 6.45) is 1.82. The molecule has 0 N–H and O–H groups in total. The predicted octanol–water partition coefficient (Wildman–Crippen LogP) is 0.818. The van der Waals surface area contributed by atoms with Gasteiger partial charge in [-0.1, -0.05) is 11.6 Å². The summed E-state index contributed by atoms with van der Waals surface area (Å²) in [4.78, 5) is 10.8. The van der Waals surface area contributed by atoms with Gasteiger partial charge in [-0.25, -0.2) is 13.4 Å². The molecule has 3 aliphatic rings. The highest BCUT2D eigenvalue weighted by molar-refractivity contribution is 7.92. The van der Waals surface area contributed by atoms with Gasteiger partial charge in [0.05, 0.1) is 24.9 Å². The van der Waals surface area contributed by atoms with Crippen LogP contribution in [0.15, 0.2) is 21.4 Å². The second kappa shape index (κ2) is 7.84. The maximum atomic E-state index is 12.8. The lowest BCUT2D eigenvalue weighted by atomic mass is 9.93. The third-order valence-corrected chi connectivity index (χ3v) is 7.29. The number of halogens is 1. The fraction of sp³-hybridized carbons (Fsp3) is 0.750. The fourth-order valence-electron chi connectivity index (χ4n) is 3.77. The number of morpholine rings is 2. The zero-order valence-electron chi connectivity index (χ0n) is 15.0. The van der Waals surface area contributed by atoms with Gasteiger partial charge < -0.3 is 19.1 Å². The minimum absolute atomic E-state index is 0.0521. The summed E-state index contributed by atoms with van der Waals surface area (Å²) in [5.41, 5.74) is 1.40. The van der Waals surface area contributed by atoms with Crippen LogP contribution < -0.4 is 0 Å². The monoisotopic (exact) mass is 405 g/mol. The van der Waals surface area contributed by atoms with Gasteiger partial charge in [-0.3, -0.25) is 4.99 Å². The van der Waals surface area contributed by atoms with Crippen molar-refractivity contribution in [3.63, 3.8) is 0 Å². The highest BCUT2D eigenvalue weighted by Crippen LogP contribution is 2.40. The molecule has 0 amide bonds. The van der Waals surface area contributed by atoms with Gasteiger partial charge in [0.15, 0.2) is 21.4 Å². The molecule has 3 fully saturated rings. The number of rotatable bonds is 3. The standard InChI is InChI=1S/C16H24ClN3O5S/c1-18-15-13(25-10-12-9-24-8-5-20(12)15)14(19-11-17)16(26(2,21)22)3-6-23-7-4-16/h11-12H,3-10H2,1-2H3/b14-13+,18-15?,19-11?. The predicted molar refractivity (Wildman–Crippen MR) is 99.6 cm³/mol. The van der Waals surface area contributed by atoms with E-state index in [-0.39, 0.29) is 6.04 Å². The number of fused-ring (bicyclic) bond motifs is 1. The summed E-state index contributed by atoms with van der Waals surface area (Å²) in [6, 6.07) is 0.0521. The van der Waals surface area contributed by atoms with Crippen molar-refractivity contribution in [3.05, 3.63) is 11.5 Å². The summed E-state index contributed by atoms with van der Waals surface area (Å²) < 4.78 is 41.3. The number of hydrogen-bond acceptors (Lipinski definition) is 7. The van der Waals surface area contributed by atoms with Gasteiger partial charge in [-0.05, 0) is 12.8 Å². The highest BCUT2D eigenvalue weighted by atomic mass is 35.5. The molecule has 0 saturated carbocycles. The lowest BCUT2D eigenvalue weighted by Crippen LogP contribution is -2.56. The Morgan fingerprint density at radius 3 is 2.62 bits per heavy atom. The summed E-state index contributed by atoms with van der Waals surface area (Å²) in [5, 5.41) is 0. The SMILES string of the molecule is CN=C1/C(=C(\N=CCl)C2(S(C)(=O)=O)CCOCC2)OCC2COCCN12. The molecule has 3 rings (SSSR count). The van der Waals surface area contributed by atoms with E-state index < -0.39 is 14.6 Å². The zero-order valence-corrected chi connectivity index (χ0v) is 16.6. The lowest BCUT2D eigenvalue weighted by Gasteiger charge is -2.44. The minimum atomic E-state index is -3.51. The van der Waals surface area contributed by atoms with Crippen molar-refractivity contribution < 1.29 is 22.6 Å². The van der Waals surface area contributed by atoms with Crippen LogP contribution >= 0.6 is 11.6 Å². The van der Waals surface area contributed by atoms with Crippen molar-refractivity contribution in [2.45, 2.75) is 23.6 Å².